The Labute approximate surface area is 120 Å². The fourth-order valence-corrected chi connectivity index (χ4v) is 2.90. The second-order valence-corrected chi connectivity index (χ2v) is 6.20. The summed E-state index contributed by atoms with van der Waals surface area (Å²) in [6, 6.07) is 1.42. The van der Waals surface area contributed by atoms with E-state index in [0.717, 1.165) is 38.2 Å². The van der Waals surface area contributed by atoms with Gasteiger partial charge in [0, 0.05) is 38.8 Å². The molecule has 1 saturated carbocycles. The minimum atomic E-state index is 0.656. The Morgan fingerprint density at radius 3 is 2.47 bits per heavy atom. The minimum Gasteiger partial charge on any atom is -0.383 e. The van der Waals surface area contributed by atoms with E-state index in [1.807, 2.05) is 0 Å². The third-order valence-electron chi connectivity index (χ3n) is 4.64. The van der Waals surface area contributed by atoms with Crippen molar-refractivity contribution in [1.82, 2.24) is 10.2 Å². The van der Waals surface area contributed by atoms with E-state index >= 15 is 0 Å². The molecular formula is C16H34N2O. The van der Waals surface area contributed by atoms with Crippen molar-refractivity contribution in [2.24, 2.45) is 5.92 Å². The normalized spacial score (nSPS) is 25.7. The first-order valence-electron chi connectivity index (χ1n) is 8.13. The van der Waals surface area contributed by atoms with Gasteiger partial charge in [0.25, 0.3) is 0 Å². The van der Waals surface area contributed by atoms with Crippen molar-refractivity contribution in [2.75, 3.05) is 33.4 Å². The first kappa shape index (κ1) is 16.9. The summed E-state index contributed by atoms with van der Waals surface area (Å²) >= 11 is 0. The lowest BCUT2D eigenvalue weighted by molar-refractivity contribution is 0.122. The largest absolute Gasteiger partial charge is 0.383 e. The van der Waals surface area contributed by atoms with Crippen molar-refractivity contribution in [3.8, 4) is 0 Å². The highest BCUT2D eigenvalue weighted by atomic mass is 16.5. The summed E-state index contributed by atoms with van der Waals surface area (Å²) < 4.78 is 5.21. The van der Waals surface area contributed by atoms with Crippen molar-refractivity contribution in [1.29, 1.82) is 0 Å². The molecule has 1 aliphatic carbocycles. The molecular weight excluding hydrogens is 236 g/mol. The molecule has 1 rings (SSSR count). The van der Waals surface area contributed by atoms with Crippen LogP contribution in [0.2, 0.25) is 0 Å². The summed E-state index contributed by atoms with van der Waals surface area (Å²) in [7, 11) is 1.79. The summed E-state index contributed by atoms with van der Waals surface area (Å²) in [6.45, 7) is 11.1. The molecule has 19 heavy (non-hydrogen) atoms. The predicted octanol–water partition coefficient (Wildman–Crippen LogP) is 2.90. The van der Waals surface area contributed by atoms with Gasteiger partial charge in [0.05, 0.1) is 6.61 Å². The first-order chi connectivity index (χ1) is 9.17. The van der Waals surface area contributed by atoms with Gasteiger partial charge in [-0.1, -0.05) is 13.8 Å². The van der Waals surface area contributed by atoms with Crippen LogP contribution in [-0.4, -0.2) is 50.3 Å². The average molecular weight is 270 g/mol. The highest BCUT2D eigenvalue weighted by molar-refractivity contribution is 4.76. The molecule has 0 aromatic carbocycles. The van der Waals surface area contributed by atoms with Crippen molar-refractivity contribution < 1.29 is 4.74 Å². The van der Waals surface area contributed by atoms with Gasteiger partial charge in [-0.3, -0.25) is 4.90 Å². The quantitative estimate of drug-likeness (QED) is 0.697. The van der Waals surface area contributed by atoms with E-state index in [2.05, 4.69) is 31.0 Å². The van der Waals surface area contributed by atoms with Crippen LogP contribution in [0.4, 0.5) is 0 Å². The lowest BCUT2D eigenvalue weighted by atomic mass is 9.87. The van der Waals surface area contributed by atoms with Crippen LogP contribution in [0.15, 0.2) is 0 Å². The van der Waals surface area contributed by atoms with E-state index in [4.69, 9.17) is 4.74 Å². The summed E-state index contributed by atoms with van der Waals surface area (Å²) in [5, 5.41) is 3.75. The lowest BCUT2D eigenvalue weighted by Gasteiger charge is -2.31. The van der Waals surface area contributed by atoms with Gasteiger partial charge in [-0.05, 0) is 44.9 Å². The summed E-state index contributed by atoms with van der Waals surface area (Å²) in [6.07, 6.45) is 6.74. The fourth-order valence-electron chi connectivity index (χ4n) is 2.90. The van der Waals surface area contributed by atoms with E-state index in [9.17, 15) is 0 Å². The molecule has 3 nitrogen and oxygen atoms in total. The van der Waals surface area contributed by atoms with Crippen LogP contribution in [0.1, 0.15) is 52.9 Å². The maximum absolute atomic E-state index is 5.21. The zero-order valence-corrected chi connectivity index (χ0v) is 13.5. The Balaban J connectivity index is 2.19. The molecule has 0 saturated heterocycles. The average Bonchev–Trinajstić information content (AvgIpc) is 2.43. The standard InChI is InChI=1S/C16H34N2O/c1-5-15(3)18(12-13-19-4)11-10-17-16-8-6-14(2)7-9-16/h14-17H,5-13H2,1-4H3. The van der Waals surface area contributed by atoms with E-state index in [1.165, 1.54) is 32.1 Å². The van der Waals surface area contributed by atoms with Crippen LogP contribution in [0.25, 0.3) is 0 Å². The Morgan fingerprint density at radius 1 is 1.21 bits per heavy atom. The minimum absolute atomic E-state index is 0.656. The van der Waals surface area contributed by atoms with Crippen molar-refractivity contribution in [2.45, 2.75) is 65.0 Å². The zero-order chi connectivity index (χ0) is 14.1. The van der Waals surface area contributed by atoms with E-state index in [-0.39, 0.29) is 0 Å². The number of hydrogen-bond donors (Lipinski definition) is 1. The third-order valence-corrected chi connectivity index (χ3v) is 4.64. The molecule has 0 heterocycles. The number of ether oxygens (including phenoxy) is 1. The molecule has 1 unspecified atom stereocenters. The molecule has 0 spiro atoms. The number of methoxy groups -OCH3 is 1. The number of nitrogens with one attached hydrogen (secondary N) is 1. The van der Waals surface area contributed by atoms with Crippen LogP contribution < -0.4 is 5.32 Å². The third kappa shape index (κ3) is 6.73. The van der Waals surface area contributed by atoms with E-state index < -0.39 is 0 Å². The maximum Gasteiger partial charge on any atom is 0.0589 e. The van der Waals surface area contributed by atoms with Gasteiger partial charge in [0.1, 0.15) is 0 Å². The van der Waals surface area contributed by atoms with Gasteiger partial charge < -0.3 is 10.1 Å². The Bertz CT molecular complexity index is 215. The Hall–Kier alpha value is -0.120. The van der Waals surface area contributed by atoms with Crippen molar-refractivity contribution in [3.63, 3.8) is 0 Å². The van der Waals surface area contributed by atoms with Crippen LogP contribution in [0, 0.1) is 5.92 Å². The molecule has 0 amide bonds. The van der Waals surface area contributed by atoms with E-state index in [1.54, 1.807) is 7.11 Å². The van der Waals surface area contributed by atoms with Gasteiger partial charge >= 0.3 is 0 Å². The molecule has 0 aromatic heterocycles. The zero-order valence-electron chi connectivity index (χ0n) is 13.5. The second kappa shape index (κ2) is 9.73. The highest BCUT2D eigenvalue weighted by Gasteiger charge is 2.18. The molecule has 0 aromatic rings. The molecule has 0 bridgehead atoms. The van der Waals surface area contributed by atoms with Crippen LogP contribution in [0.5, 0.6) is 0 Å². The second-order valence-electron chi connectivity index (χ2n) is 6.20. The van der Waals surface area contributed by atoms with Gasteiger partial charge in [0.15, 0.2) is 0 Å². The molecule has 1 N–H and O–H groups in total. The molecule has 0 aliphatic heterocycles. The summed E-state index contributed by atoms with van der Waals surface area (Å²) in [5.74, 6) is 0.941. The maximum atomic E-state index is 5.21. The molecule has 3 heteroatoms. The number of nitrogens with zero attached hydrogens (tertiary/aromatic N) is 1. The lowest BCUT2D eigenvalue weighted by Crippen LogP contribution is -2.43. The number of rotatable bonds is 9. The summed E-state index contributed by atoms with van der Waals surface area (Å²) in [4.78, 5) is 2.54. The molecule has 1 atom stereocenters. The summed E-state index contributed by atoms with van der Waals surface area (Å²) in [5.41, 5.74) is 0. The van der Waals surface area contributed by atoms with Crippen LogP contribution in [0.3, 0.4) is 0 Å². The van der Waals surface area contributed by atoms with E-state index in [0.29, 0.717) is 6.04 Å². The monoisotopic (exact) mass is 270 g/mol. The predicted molar refractivity (Wildman–Crippen MR) is 82.6 cm³/mol. The van der Waals surface area contributed by atoms with Crippen molar-refractivity contribution >= 4 is 0 Å². The fraction of sp³-hybridized carbons (Fsp3) is 1.00. The smallest absolute Gasteiger partial charge is 0.0589 e. The molecule has 1 fully saturated rings. The van der Waals surface area contributed by atoms with Crippen molar-refractivity contribution in [3.05, 3.63) is 0 Å². The highest BCUT2D eigenvalue weighted by Crippen LogP contribution is 2.23. The molecule has 1 aliphatic rings. The first-order valence-corrected chi connectivity index (χ1v) is 8.13. The topological polar surface area (TPSA) is 24.5 Å². The Kier molecular flexibility index (Phi) is 8.67. The molecule has 0 radical (unpaired) electrons. The van der Waals surface area contributed by atoms with Crippen LogP contribution in [-0.2, 0) is 4.74 Å². The van der Waals surface area contributed by atoms with Gasteiger partial charge in [0.2, 0.25) is 0 Å². The molecule has 114 valence electrons. The van der Waals surface area contributed by atoms with Gasteiger partial charge in [-0.2, -0.15) is 0 Å². The number of hydrogen-bond acceptors (Lipinski definition) is 3. The van der Waals surface area contributed by atoms with Crippen LogP contribution >= 0.6 is 0 Å². The SMILES string of the molecule is CCC(C)N(CCNC1CCC(C)CC1)CCOC. The Morgan fingerprint density at radius 2 is 1.89 bits per heavy atom. The van der Waals surface area contributed by atoms with Gasteiger partial charge in [-0.25, -0.2) is 0 Å². The van der Waals surface area contributed by atoms with Gasteiger partial charge in [-0.15, -0.1) is 0 Å².